The molecular weight excluding hydrogens is 346 g/mol. The summed E-state index contributed by atoms with van der Waals surface area (Å²) in [7, 11) is 1.62. The normalized spacial score (nSPS) is 12.0. The van der Waals surface area contributed by atoms with E-state index < -0.39 is 0 Å². The molecule has 0 saturated heterocycles. The van der Waals surface area contributed by atoms with Crippen molar-refractivity contribution in [3.05, 3.63) is 70.0 Å². The van der Waals surface area contributed by atoms with Gasteiger partial charge in [0.2, 0.25) is 0 Å². The number of hydrogen-bond acceptors (Lipinski definition) is 5. The van der Waals surface area contributed by atoms with Crippen LogP contribution in [0.4, 0.5) is 0 Å². The molecule has 1 atom stereocenters. The molecule has 0 aliphatic carbocycles. The highest BCUT2D eigenvalue weighted by atomic mass is 32.2. The Labute approximate surface area is 156 Å². The van der Waals surface area contributed by atoms with E-state index in [-0.39, 0.29) is 11.6 Å². The van der Waals surface area contributed by atoms with Gasteiger partial charge in [0.05, 0.1) is 35.2 Å². The molecule has 0 aliphatic rings. The summed E-state index contributed by atoms with van der Waals surface area (Å²) < 4.78 is 6.93. The van der Waals surface area contributed by atoms with Crippen molar-refractivity contribution in [2.45, 2.75) is 23.9 Å². The minimum atomic E-state index is -0.140. The van der Waals surface area contributed by atoms with Gasteiger partial charge in [-0.15, -0.1) is 0 Å². The number of thioether (sulfide) groups is 1. The molecule has 0 saturated carbocycles. The summed E-state index contributed by atoms with van der Waals surface area (Å²) in [5.41, 5.74) is 2.17. The molecule has 1 unspecified atom stereocenters. The third kappa shape index (κ3) is 3.64. The van der Waals surface area contributed by atoms with Crippen molar-refractivity contribution in [3.63, 3.8) is 0 Å². The molecule has 0 fully saturated rings. The third-order valence-electron chi connectivity index (χ3n) is 4.12. The van der Waals surface area contributed by atoms with E-state index in [4.69, 9.17) is 9.72 Å². The zero-order valence-corrected chi connectivity index (χ0v) is 15.5. The van der Waals surface area contributed by atoms with Crippen molar-refractivity contribution in [2.24, 2.45) is 0 Å². The van der Waals surface area contributed by atoms with Crippen LogP contribution in [0.3, 0.4) is 0 Å². The van der Waals surface area contributed by atoms with Crippen LogP contribution in [0, 0.1) is 11.3 Å². The first-order valence-corrected chi connectivity index (χ1v) is 9.25. The zero-order chi connectivity index (χ0) is 18.5. The molecule has 3 aromatic rings. The third-order valence-corrected chi connectivity index (χ3v) is 5.12. The summed E-state index contributed by atoms with van der Waals surface area (Å²) in [5.74, 6) is 0.564. The Morgan fingerprint density at radius 3 is 2.73 bits per heavy atom. The van der Waals surface area contributed by atoms with Gasteiger partial charge in [-0.25, -0.2) is 4.98 Å². The molecule has 3 rings (SSSR count). The lowest BCUT2D eigenvalue weighted by atomic mass is 10.1. The monoisotopic (exact) mass is 365 g/mol. The number of aromatic nitrogens is 2. The van der Waals surface area contributed by atoms with Gasteiger partial charge in [-0.1, -0.05) is 42.1 Å². The van der Waals surface area contributed by atoms with Crippen molar-refractivity contribution in [2.75, 3.05) is 13.7 Å². The second kappa shape index (κ2) is 8.17. The Morgan fingerprint density at radius 1 is 1.23 bits per heavy atom. The van der Waals surface area contributed by atoms with Crippen molar-refractivity contribution in [1.29, 1.82) is 5.26 Å². The smallest absolute Gasteiger partial charge is 0.262 e. The number of para-hydroxylation sites is 1. The van der Waals surface area contributed by atoms with Gasteiger partial charge in [0.15, 0.2) is 5.16 Å². The van der Waals surface area contributed by atoms with Crippen LogP contribution in [0.25, 0.3) is 10.9 Å². The molecular formula is C20H19N3O2S. The van der Waals surface area contributed by atoms with Crippen molar-refractivity contribution < 1.29 is 4.74 Å². The van der Waals surface area contributed by atoms with E-state index in [1.54, 1.807) is 23.8 Å². The Hall–Kier alpha value is -2.62. The summed E-state index contributed by atoms with van der Waals surface area (Å²) >= 11 is 1.46. The van der Waals surface area contributed by atoms with Gasteiger partial charge in [0.1, 0.15) is 0 Å². The van der Waals surface area contributed by atoms with Gasteiger partial charge in [0.25, 0.3) is 5.56 Å². The van der Waals surface area contributed by atoms with Gasteiger partial charge in [0, 0.05) is 12.9 Å². The SMILES string of the molecule is COCC(C)n1c(SCc2ccccc2C#N)nc2ccccc2c1=O. The highest BCUT2D eigenvalue weighted by Crippen LogP contribution is 2.25. The molecule has 0 spiro atoms. The minimum absolute atomic E-state index is 0.0729. The van der Waals surface area contributed by atoms with Crippen LogP contribution in [0.15, 0.2) is 58.5 Å². The quantitative estimate of drug-likeness (QED) is 0.491. The number of nitriles is 1. The molecule has 0 N–H and O–H groups in total. The minimum Gasteiger partial charge on any atom is -0.383 e. The lowest BCUT2D eigenvalue weighted by Gasteiger charge is -2.19. The first kappa shape index (κ1) is 18.2. The molecule has 0 bridgehead atoms. The van der Waals surface area contributed by atoms with Gasteiger partial charge in [-0.3, -0.25) is 9.36 Å². The van der Waals surface area contributed by atoms with Crippen LogP contribution in [-0.2, 0) is 10.5 Å². The highest BCUT2D eigenvalue weighted by molar-refractivity contribution is 7.98. The summed E-state index contributed by atoms with van der Waals surface area (Å²) in [6.07, 6.45) is 0. The van der Waals surface area contributed by atoms with E-state index >= 15 is 0 Å². The fourth-order valence-corrected chi connectivity index (χ4v) is 3.93. The molecule has 1 aromatic heterocycles. The number of rotatable bonds is 6. The molecule has 1 heterocycles. The Balaban J connectivity index is 2.04. The number of nitrogens with zero attached hydrogens (tertiary/aromatic N) is 3. The summed E-state index contributed by atoms with van der Waals surface area (Å²) in [6.45, 7) is 2.36. The topological polar surface area (TPSA) is 67.9 Å². The molecule has 0 aliphatic heterocycles. The lowest BCUT2D eigenvalue weighted by molar-refractivity contribution is 0.156. The first-order valence-electron chi connectivity index (χ1n) is 8.26. The van der Waals surface area contributed by atoms with Crippen molar-refractivity contribution in [3.8, 4) is 6.07 Å². The fraction of sp³-hybridized carbons (Fsp3) is 0.250. The first-order chi connectivity index (χ1) is 12.7. The molecule has 2 aromatic carbocycles. The van der Waals surface area contributed by atoms with Crippen molar-refractivity contribution >= 4 is 22.7 Å². The van der Waals surface area contributed by atoms with E-state index in [0.717, 1.165) is 5.56 Å². The number of benzene rings is 2. The van der Waals surface area contributed by atoms with Crippen LogP contribution >= 0.6 is 11.8 Å². The van der Waals surface area contributed by atoms with Crippen molar-refractivity contribution in [1.82, 2.24) is 9.55 Å². The molecule has 6 heteroatoms. The molecule has 5 nitrogen and oxygen atoms in total. The van der Waals surface area contributed by atoms with E-state index in [1.807, 2.05) is 43.3 Å². The lowest BCUT2D eigenvalue weighted by Crippen LogP contribution is -2.28. The summed E-state index contributed by atoms with van der Waals surface area (Å²) in [6, 6.07) is 16.9. The maximum absolute atomic E-state index is 13.0. The maximum Gasteiger partial charge on any atom is 0.262 e. The number of ether oxygens (including phenoxy) is 1. The summed E-state index contributed by atoms with van der Waals surface area (Å²) in [5, 5.41) is 10.5. The Morgan fingerprint density at radius 2 is 1.96 bits per heavy atom. The van der Waals surface area contributed by atoms with E-state index in [1.165, 1.54) is 11.8 Å². The number of methoxy groups -OCH3 is 1. The fourth-order valence-electron chi connectivity index (χ4n) is 2.83. The van der Waals surface area contributed by atoms with Crippen LogP contribution in [-0.4, -0.2) is 23.3 Å². The number of fused-ring (bicyclic) bond motifs is 1. The van der Waals surface area contributed by atoms with Gasteiger partial charge >= 0.3 is 0 Å². The van der Waals surface area contributed by atoms with Gasteiger partial charge in [-0.2, -0.15) is 5.26 Å². The molecule has 0 radical (unpaired) electrons. The second-order valence-electron chi connectivity index (χ2n) is 5.95. The van der Waals surface area contributed by atoms with E-state index in [0.29, 0.717) is 34.0 Å². The van der Waals surface area contributed by atoms with Gasteiger partial charge in [-0.05, 0) is 30.7 Å². The average Bonchev–Trinajstić information content (AvgIpc) is 2.66. The predicted octanol–water partition coefficient (Wildman–Crippen LogP) is 3.77. The zero-order valence-electron chi connectivity index (χ0n) is 14.7. The Bertz CT molecular complexity index is 1020. The van der Waals surface area contributed by atoms with E-state index in [9.17, 15) is 10.1 Å². The van der Waals surface area contributed by atoms with E-state index in [2.05, 4.69) is 6.07 Å². The molecule has 132 valence electrons. The highest BCUT2D eigenvalue weighted by Gasteiger charge is 2.17. The van der Waals surface area contributed by atoms with Crippen LogP contribution < -0.4 is 5.56 Å². The summed E-state index contributed by atoms with van der Waals surface area (Å²) in [4.78, 5) is 17.7. The maximum atomic E-state index is 13.0. The van der Waals surface area contributed by atoms with Crippen LogP contribution in [0.5, 0.6) is 0 Å². The van der Waals surface area contributed by atoms with Gasteiger partial charge < -0.3 is 4.74 Å². The molecule has 0 amide bonds. The Kier molecular flexibility index (Phi) is 5.71. The largest absolute Gasteiger partial charge is 0.383 e. The average molecular weight is 365 g/mol. The number of hydrogen-bond donors (Lipinski definition) is 0. The second-order valence-corrected chi connectivity index (χ2v) is 6.89. The van der Waals surface area contributed by atoms with Crippen LogP contribution in [0.1, 0.15) is 24.1 Å². The predicted molar refractivity (Wildman–Crippen MR) is 103 cm³/mol. The van der Waals surface area contributed by atoms with Crippen LogP contribution in [0.2, 0.25) is 0 Å². The standard InChI is InChI=1S/C20H19N3O2S/c1-14(12-25-2)23-19(24)17-9-5-6-10-18(17)22-20(23)26-13-16-8-4-3-7-15(16)11-21/h3-10,14H,12-13H2,1-2H3. The molecule has 26 heavy (non-hydrogen) atoms.